The van der Waals surface area contributed by atoms with Crippen LogP contribution >= 0.6 is 15.9 Å². The van der Waals surface area contributed by atoms with Gasteiger partial charge >= 0.3 is 7.56 Å². The van der Waals surface area contributed by atoms with Gasteiger partial charge in [-0.05, 0) is 17.6 Å². The molecule has 0 heterocycles. The topological polar surface area (TPSA) is 0 Å². The molecule has 45 valence electrons. The average Bonchev–Trinajstić information content (AvgIpc) is 1.90. The summed E-state index contributed by atoms with van der Waals surface area (Å²) in [5, 5.41) is 0. The molecule has 0 aliphatic carbocycles. The highest BCUT2D eigenvalue weighted by Crippen LogP contribution is 2.04. The first-order valence-corrected chi connectivity index (χ1v) is 3.31. The van der Waals surface area contributed by atoms with Crippen molar-refractivity contribution in [1.82, 2.24) is 0 Å². The first-order valence-electron chi connectivity index (χ1n) is 2.52. The summed E-state index contributed by atoms with van der Waals surface area (Å²) in [7, 11) is 0.576. The maximum Gasteiger partial charge on any atom is 0.391 e. The fourth-order valence-electron chi connectivity index (χ4n) is 0.536. The van der Waals surface area contributed by atoms with Gasteiger partial charge in [0.25, 0.3) is 0 Å². The van der Waals surface area contributed by atoms with Gasteiger partial charge < -0.3 is 4.32 Å². The van der Waals surface area contributed by atoms with Crippen LogP contribution in [0.1, 0.15) is 0 Å². The summed E-state index contributed by atoms with van der Waals surface area (Å²) in [6.07, 6.45) is 0. The Bertz CT molecular complexity index is 185. The Morgan fingerprint density at radius 3 is 2.22 bits per heavy atom. The zero-order valence-electron chi connectivity index (χ0n) is 4.64. The Kier molecular flexibility index (Phi) is 2.28. The van der Waals surface area contributed by atoms with Crippen molar-refractivity contribution in [2.45, 2.75) is 0 Å². The molecule has 0 bridgehead atoms. The summed E-state index contributed by atoms with van der Waals surface area (Å²) >= 11 is 3.24. The monoisotopic (exact) mass is 185 g/mol. The summed E-state index contributed by atoms with van der Waals surface area (Å²) in [5.41, 5.74) is 0.596. The van der Waals surface area contributed by atoms with Gasteiger partial charge in [-0.3, -0.25) is 0 Å². The van der Waals surface area contributed by atoms with Gasteiger partial charge in [0, 0.05) is 4.47 Å². The van der Waals surface area contributed by atoms with E-state index in [9.17, 15) is 4.32 Å². The summed E-state index contributed by atoms with van der Waals surface area (Å²) in [5.74, 6) is 0. The van der Waals surface area contributed by atoms with Crippen molar-refractivity contribution in [2.24, 2.45) is 0 Å². The molecule has 1 radical (unpaired) electrons. The lowest BCUT2D eigenvalue weighted by molar-refractivity contribution is 0.885. The largest absolute Gasteiger partial charge is 0.391 e. The van der Waals surface area contributed by atoms with Crippen molar-refractivity contribution in [3.05, 3.63) is 28.7 Å². The lowest BCUT2D eigenvalue weighted by Gasteiger charge is -1.90. The van der Waals surface area contributed by atoms with Gasteiger partial charge in [-0.2, -0.15) is 0 Å². The Hall–Kier alpha value is -0.305. The molecule has 3 heteroatoms. The normalized spacial score (nSPS) is 9.11. The van der Waals surface area contributed by atoms with Gasteiger partial charge in [-0.25, -0.2) is 0 Å². The van der Waals surface area contributed by atoms with E-state index in [0.29, 0.717) is 13.0 Å². The standard InChI is InChI=1S/C6H4BBrF/c8-6-3-1-5(7-9)2-4-6/h1-4H. The van der Waals surface area contributed by atoms with Crippen molar-refractivity contribution in [2.75, 3.05) is 0 Å². The van der Waals surface area contributed by atoms with Crippen molar-refractivity contribution in [3.63, 3.8) is 0 Å². The molecule has 0 atom stereocenters. The lowest BCUT2D eigenvalue weighted by Crippen LogP contribution is -2.07. The molecule has 0 saturated heterocycles. The van der Waals surface area contributed by atoms with Crippen LogP contribution in [0.4, 0.5) is 4.32 Å². The molecular weight excluding hydrogens is 182 g/mol. The van der Waals surface area contributed by atoms with Crippen LogP contribution in [-0.4, -0.2) is 7.56 Å². The van der Waals surface area contributed by atoms with E-state index in [1.165, 1.54) is 0 Å². The van der Waals surface area contributed by atoms with Crippen LogP contribution in [0.5, 0.6) is 0 Å². The van der Waals surface area contributed by atoms with E-state index < -0.39 is 0 Å². The maximum atomic E-state index is 11.7. The Labute approximate surface area is 62.5 Å². The lowest BCUT2D eigenvalue weighted by atomic mass is 9.92. The molecule has 0 nitrogen and oxygen atoms in total. The molecule has 0 aliphatic rings. The van der Waals surface area contributed by atoms with E-state index in [1.807, 2.05) is 0 Å². The van der Waals surface area contributed by atoms with Crippen LogP contribution in [0.2, 0.25) is 0 Å². The fourth-order valence-corrected chi connectivity index (χ4v) is 0.800. The highest BCUT2D eigenvalue weighted by atomic mass is 79.9. The molecule has 1 aromatic carbocycles. The number of rotatable bonds is 1. The van der Waals surface area contributed by atoms with Crippen molar-refractivity contribution < 1.29 is 4.32 Å². The van der Waals surface area contributed by atoms with Gasteiger partial charge in [-0.15, -0.1) is 0 Å². The molecular formula is C6H4BBrF. The number of hydrogen-bond acceptors (Lipinski definition) is 0. The van der Waals surface area contributed by atoms with Crippen molar-refractivity contribution in [1.29, 1.82) is 0 Å². The minimum Gasteiger partial charge on any atom is -0.335 e. The van der Waals surface area contributed by atoms with Crippen LogP contribution < -0.4 is 5.46 Å². The molecule has 0 amide bonds. The highest BCUT2D eigenvalue weighted by Gasteiger charge is 1.91. The summed E-state index contributed by atoms with van der Waals surface area (Å²) in [6, 6.07) is 6.99. The molecule has 0 spiro atoms. The van der Waals surface area contributed by atoms with E-state index >= 15 is 0 Å². The summed E-state index contributed by atoms with van der Waals surface area (Å²) < 4.78 is 12.7. The second-order valence-corrected chi connectivity index (χ2v) is 2.58. The molecule has 0 saturated carbocycles. The highest BCUT2D eigenvalue weighted by molar-refractivity contribution is 9.10. The molecule has 0 aliphatic heterocycles. The fraction of sp³-hybridized carbons (Fsp3) is 0. The summed E-state index contributed by atoms with van der Waals surface area (Å²) in [4.78, 5) is 0. The Morgan fingerprint density at radius 2 is 1.78 bits per heavy atom. The van der Waals surface area contributed by atoms with Crippen LogP contribution in [-0.2, 0) is 0 Å². The Morgan fingerprint density at radius 1 is 1.22 bits per heavy atom. The number of halogens is 2. The van der Waals surface area contributed by atoms with Gasteiger partial charge in [0.05, 0.1) is 0 Å². The quantitative estimate of drug-likeness (QED) is 0.585. The third-order valence-electron chi connectivity index (χ3n) is 0.996. The predicted octanol–water partition coefficient (Wildman–Crippen LogP) is 1.66. The molecule has 0 fully saturated rings. The first-order chi connectivity index (χ1) is 4.33. The minimum atomic E-state index is 0.576. The van der Waals surface area contributed by atoms with Crippen LogP contribution in [0.15, 0.2) is 28.7 Å². The second kappa shape index (κ2) is 3.02. The van der Waals surface area contributed by atoms with E-state index in [4.69, 9.17) is 0 Å². The number of hydrogen-bond donors (Lipinski definition) is 0. The van der Waals surface area contributed by atoms with Gasteiger partial charge in [0.2, 0.25) is 0 Å². The van der Waals surface area contributed by atoms with Crippen molar-refractivity contribution in [3.8, 4) is 0 Å². The molecule has 1 rings (SSSR count). The maximum absolute atomic E-state index is 11.7. The molecule has 0 unspecified atom stereocenters. The van der Waals surface area contributed by atoms with Crippen LogP contribution in [0.25, 0.3) is 0 Å². The molecule has 9 heavy (non-hydrogen) atoms. The molecule has 1 aromatic rings. The number of benzene rings is 1. The smallest absolute Gasteiger partial charge is 0.335 e. The minimum absolute atomic E-state index is 0.576. The van der Waals surface area contributed by atoms with Crippen LogP contribution in [0.3, 0.4) is 0 Å². The zero-order chi connectivity index (χ0) is 6.69. The average molecular weight is 186 g/mol. The third kappa shape index (κ3) is 1.82. The van der Waals surface area contributed by atoms with E-state index in [-0.39, 0.29) is 0 Å². The van der Waals surface area contributed by atoms with Gasteiger partial charge in [0.1, 0.15) is 0 Å². The predicted molar refractivity (Wildman–Crippen MR) is 40.6 cm³/mol. The van der Waals surface area contributed by atoms with E-state index in [2.05, 4.69) is 15.9 Å². The van der Waals surface area contributed by atoms with E-state index in [1.54, 1.807) is 24.3 Å². The Balaban J connectivity index is 2.88. The van der Waals surface area contributed by atoms with Gasteiger partial charge in [0.15, 0.2) is 0 Å². The van der Waals surface area contributed by atoms with Crippen LogP contribution in [0, 0.1) is 0 Å². The molecule has 0 N–H and O–H groups in total. The van der Waals surface area contributed by atoms with E-state index in [0.717, 1.165) is 4.47 Å². The summed E-state index contributed by atoms with van der Waals surface area (Å²) in [6.45, 7) is 0. The second-order valence-electron chi connectivity index (χ2n) is 1.66. The molecule has 0 aromatic heterocycles. The third-order valence-corrected chi connectivity index (χ3v) is 1.52. The first kappa shape index (κ1) is 6.81. The van der Waals surface area contributed by atoms with Gasteiger partial charge in [-0.1, -0.05) is 28.1 Å². The SMILES string of the molecule is F[B]c1ccc(Br)cc1. The zero-order valence-corrected chi connectivity index (χ0v) is 6.23. The van der Waals surface area contributed by atoms with Crippen molar-refractivity contribution >= 4 is 28.9 Å².